The second-order valence-corrected chi connectivity index (χ2v) is 4.08. The Kier molecular flexibility index (Phi) is 3.15. The average molecular weight is 252 g/mol. The third kappa shape index (κ3) is 2.65. The van der Waals surface area contributed by atoms with Crippen LogP contribution in [0.1, 0.15) is 5.56 Å². The maximum absolute atomic E-state index is 13.1. The number of hydrogen-bond acceptors (Lipinski definition) is 3. The number of anilines is 3. The molecule has 1 aromatic carbocycles. The molecule has 3 nitrogen and oxygen atoms in total. The van der Waals surface area contributed by atoms with Gasteiger partial charge in [-0.2, -0.15) is 0 Å². The standard InChI is InChI=1S/C12H11ClFN3/c1-7-4-12(16-6-10(7)15)17-11-5-8(14)2-3-9(11)13/h2-6H,15H2,1H3,(H,16,17). The van der Waals surface area contributed by atoms with E-state index in [0.29, 0.717) is 22.2 Å². The molecule has 2 rings (SSSR count). The van der Waals surface area contributed by atoms with Crippen LogP contribution in [0.4, 0.5) is 21.6 Å². The first-order chi connectivity index (χ1) is 8.06. The van der Waals surface area contributed by atoms with Crippen molar-refractivity contribution in [1.82, 2.24) is 4.98 Å². The summed E-state index contributed by atoms with van der Waals surface area (Å²) in [5, 5.41) is 3.38. The Hall–Kier alpha value is -1.81. The second kappa shape index (κ2) is 4.59. The van der Waals surface area contributed by atoms with Crippen LogP contribution in [0, 0.1) is 12.7 Å². The zero-order valence-electron chi connectivity index (χ0n) is 9.17. The molecule has 1 aromatic heterocycles. The molecule has 0 fully saturated rings. The molecule has 0 atom stereocenters. The van der Waals surface area contributed by atoms with Gasteiger partial charge in [0.05, 0.1) is 22.6 Å². The molecule has 0 bridgehead atoms. The monoisotopic (exact) mass is 251 g/mol. The van der Waals surface area contributed by atoms with E-state index in [2.05, 4.69) is 10.3 Å². The lowest BCUT2D eigenvalue weighted by Crippen LogP contribution is -1.98. The minimum atomic E-state index is -0.357. The van der Waals surface area contributed by atoms with Crippen molar-refractivity contribution in [1.29, 1.82) is 0 Å². The molecular formula is C12H11ClFN3. The van der Waals surface area contributed by atoms with Gasteiger partial charge in [-0.3, -0.25) is 0 Å². The summed E-state index contributed by atoms with van der Waals surface area (Å²) >= 11 is 5.94. The number of benzene rings is 1. The number of nitrogens with zero attached hydrogens (tertiary/aromatic N) is 1. The normalized spacial score (nSPS) is 10.3. The first kappa shape index (κ1) is 11.7. The summed E-state index contributed by atoms with van der Waals surface area (Å²) in [7, 11) is 0. The smallest absolute Gasteiger partial charge is 0.130 e. The molecule has 0 saturated heterocycles. The molecule has 0 radical (unpaired) electrons. The summed E-state index contributed by atoms with van der Waals surface area (Å²) < 4.78 is 13.1. The molecule has 0 aliphatic heterocycles. The highest BCUT2D eigenvalue weighted by molar-refractivity contribution is 6.33. The van der Waals surface area contributed by atoms with Crippen molar-refractivity contribution in [3.05, 3.63) is 46.9 Å². The maximum Gasteiger partial charge on any atom is 0.130 e. The number of aryl methyl sites for hydroxylation is 1. The van der Waals surface area contributed by atoms with Gasteiger partial charge in [-0.05, 0) is 36.8 Å². The molecule has 0 spiro atoms. The van der Waals surface area contributed by atoms with Crippen LogP contribution in [0.2, 0.25) is 5.02 Å². The lowest BCUT2D eigenvalue weighted by molar-refractivity contribution is 0.628. The molecular weight excluding hydrogens is 241 g/mol. The zero-order valence-corrected chi connectivity index (χ0v) is 9.92. The second-order valence-electron chi connectivity index (χ2n) is 3.68. The zero-order chi connectivity index (χ0) is 12.4. The summed E-state index contributed by atoms with van der Waals surface area (Å²) in [4.78, 5) is 4.09. The molecule has 2 aromatic rings. The predicted molar refractivity (Wildman–Crippen MR) is 68.1 cm³/mol. The molecule has 0 unspecified atom stereocenters. The Bertz CT molecular complexity index is 557. The highest BCUT2D eigenvalue weighted by atomic mass is 35.5. The summed E-state index contributed by atoms with van der Waals surface area (Å²) in [6.45, 7) is 1.87. The summed E-state index contributed by atoms with van der Waals surface area (Å²) in [6, 6.07) is 5.88. The summed E-state index contributed by atoms with van der Waals surface area (Å²) in [5.41, 5.74) is 7.65. The van der Waals surface area contributed by atoms with E-state index in [-0.39, 0.29) is 5.82 Å². The van der Waals surface area contributed by atoms with E-state index in [1.54, 1.807) is 12.3 Å². The number of hydrogen-bond donors (Lipinski definition) is 2. The quantitative estimate of drug-likeness (QED) is 0.859. The van der Waals surface area contributed by atoms with Crippen LogP contribution in [-0.2, 0) is 0 Å². The van der Waals surface area contributed by atoms with Crippen molar-refractivity contribution < 1.29 is 4.39 Å². The molecule has 0 amide bonds. The largest absolute Gasteiger partial charge is 0.397 e. The molecule has 5 heteroatoms. The van der Waals surface area contributed by atoms with Gasteiger partial charge in [0.25, 0.3) is 0 Å². The van der Waals surface area contributed by atoms with Gasteiger partial charge in [-0.1, -0.05) is 11.6 Å². The molecule has 88 valence electrons. The fourth-order valence-corrected chi connectivity index (χ4v) is 1.53. The van der Waals surface area contributed by atoms with Gasteiger partial charge < -0.3 is 11.1 Å². The lowest BCUT2D eigenvalue weighted by Gasteiger charge is -2.09. The van der Waals surface area contributed by atoms with E-state index in [4.69, 9.17) is 17.3 Å². The van der Waals surface area contributed by atoms with Crippen LogP contribution < -0.4 is 11.1 Å². The highest BCUT2D eigenvalue weighted by Crippen LogP contribution is 2.26. The van der Waals surface area contributed by atoms with E-state index in [9.17, 15) is 4.39 Å². The van der Waals surface area contributed by atoms with Crippen LogP contribution in [0.25, 0.3) is 0 Å². The van der Waals surface area contributed by atoms with Gasteiger partial charge >= 0.3 is 0 Å². The lowest BCUT2D eigenvalue weighted by atomic mass is 10.2. The number of nitrogen functional groups attached to an aromatic ring is 1. The molecule has 0 saturated carbocycles. The van der Waals surface area contributed by atoms with E-state index in [1.165, 1.54) is 18.2 Å². The first-order valence-electron chi connectivity index (χ1n) is 5.00. The maximum atomic E-state index is 13.1. The third-order valence-corrected chi connectivity index (χ3v) is 2.67. The number of halogens is 2. The molecule has 1 heterocycles. The van der Waals surface area contributed by atoms with Crippen LogP contribution in [0.5, 0.6) is 0 Å². The SMILES string of the molecule is Cc1cc(Nc2cc(F)ccc2Cl)ncc1N. The molecule has 17 heavy (non-hydrogen) atoms. The number of nitrogens with one attached hydrogen (secondary N) is 1. The van der Waals surface area contributed by atoms with Crippen molar-refractivity contribution in [2.24, 2.45) is 0 Å². The molecule has 3 N–H and O–H groups in total. The number of rotatable bonds is 2. The Balaban J connectivity index is 2.31. The van der Waals surface area contributed by atoms with Gasteiger partial charge in [0, 0.05) is 0 Å². The first-order valence-corrected chi connectivity index (χ1v) is 5.38. The molecule has 0 aliphatic rings. The van der Waals surface area contributed by atoms with Crippen LogP contribution in [-0.4, -0.2) is 4.98 Å². The van der Waals surface area contributed by atoms with Crippen molar-refractivity contribution in [2.45, 2.75) is 6.92 Å². The third-order valence-electron chi connectivity index (χ3n) is 2.34. The highest BCUT2D eigenvalue weighted by Gasteiger charge is 2.04. The summed E-state index contributed by atoms with van der Waals surface area (Å²) in [6.07, 6.45) is 1.55. The number of aromatic nitrogens is 1. The molecule has 0 aliphatic carbocycles. The minimum Gasteiger partial charge on any atom is -0.397 e. The van der Waals surface area contributed by atoms with E-state index < -0.39 is 0 Å². The van der Waals surface area contributed by atoms with Crippen molar-refractivity contribution >= 4 is 28.8 Å². The number of pyridine rings is 1. The van der Waals surface area contributed by atoms with Crippen LogP contribution >= 0.6 is 11.6 Å². The van der Waals surface area contributed by atoms with E-state index in [1.807, 2.05) is 6.92 Å². The Morgan fingerprint density at radius 2 is 2.12 bits per heavy atom. The van der Waals surface area contributed by atoms with Crippen molar-refractivity contribution in [3.63, 3.8) is 0 Å². The summed E-state index contributed by atoms with van der Waals surface area (Å²) in [5.74, 6) is 0.216. The minimum absolute atomic E-state index is 0.357. The van der Waals surface area contributed by atoms with Gasteiger partial charge in [0.1, 0.15) is 11.6 Å². The van der Waals surface area contributed by atoms with Gasteiger partial charge in [-0.25, -0.2) is 9.37 Å². The topological polar surface area (TPSA) is 50.9 Å². The Morgan fingerprint density at radius 1 is 1.35 bits per heavy atom. The predicted octanol–water partition coefficient (Wildman–Crippen LogP) is 3.51. The van der Waals surface area contributed by atoms with Gasteiger partial charge in [-0.15, -0.1) is 0 Å². The average Bonchev–Trinajstić information content (AvgIpc) is 2.29. The van der Waals surface area contributed by atoms with E-state index in [0.717, 1.165) is 5.56 Å². The Labute approximate surface area is 103 Å². The fourth-order valence-electron chi connectivity index (χ4n) is 1.37. The van der Waals surface area contributed by atoms with Crippen LogP contribution in [0.15, 0.2) is 30.5 Å². The number of nitrogens with two attached hydrogens (primary N) is 1. The van der Waals surface area contributed by atoms with Crippen molar-refractivity contribution in [3.8, 4) is 0 Å². The van der Waals surface area contributed by atoms with Crippen molar-refractivity contribution in [2.75, 3.05) is 11.1 Å². The van der Waals surface area contributed by atoms with Gasteiger partial charge in [0.2, 0.25) is 0 Å². The van der Waals surface area contributed by atoms with Crippen LogP contribution in [0.3, 0.4) is 0 Å². The fraction of sp³-hybridized carbons (Fsp3) is 0.0833. The Morgan fingerprint density at radius 3 is 2.82 bits per heavy atom. The van der Waals surface area contributed by atoms with Gasteiger partial charge in [0.15, 0.2) is 0 Å². The van der Waals surface area contributed by atoms with E-state index >= 15 is 0 Å².